The van der Waals surface area contributed by atoms with Gasteiger partial charge in [0, 0.05) is 6.54 Å². The summed E-state index contributed by atoms with van der Waals surface area (Å²) in [5.41, 5.74) is 6.00. The summed E-state index contributed by atoms with van der Waals surface area (Å²) < 4.78 is 0. The van der Waals surface area contributed by atoms with E-state index in [0.29, 0.717) is 18.1 Å². The largest absolute Gasteiger partial charge is 0.397 e. The molecule has 1 heterocycles. The molecule has 0 aliphatic rings. The van der Waals surface area contributed by atoms with Gasteiger partial charge in [-0.3, -0.25) is 5.21 Å². The van der Waals surface area contributed by atoms with Crippen LogP contribution >= 0.6 is 0 Å². The Hall–Kier alpha value is -1.29. The van der Waals surface area contributed by atoms with Crippen LogP contribution in [0.3, 0.4) is 0 Å². The van der Waals surface area contributed by atoms with Gasteiger partial charge in [-0.15, -0.1) is 0 Å². The number of hydroxylamine groups is 1. The van der Waals surface area contributed by atoms with Gasteiger partial charge < -0.3 is 5.73 Å². The van der Waals surface area contributed by atoms with Crippen LogP contribution in [0.5, 0.6) is 0 Å². The lowest BCUT2D eigenvalue weighted by atomic mass is 10.4. The summed E-state index contributed by atoms with van der Waals surface area (Å²) in [6.07, 6.45) is 1.51. The van der Waals surface area contributed by atoms with Gasteiger partial charge in [0.2, 0.25) is 0 Å². The number of hydrogen-bond donors (Lipinski definition) is 2. The van der Waals surface area contributed by atoms with Crippen LogP contribution in [0.25, 0.3) is 0 Å². The van der Waals surface area contributed by atoms with E-state index >= 15 is 0 Å². The molecule has 11 heavy (non-hydrogen) atoms. The average molecular weight is 153 g/mol. The van der Waals surface area contributed by atoms with Crippen molar-refractivity contribution >= 4 is 11.5 Å². The molecule has 0 saturated carbocycles. The minimum Gasteiger partial charge on any atom is -0.397 e. The van der Waals surface area contributed by atoms with Crippen LogP contribution in [0.1, 0.15) is 6.92 Å². The Balaban J connectivity index is 2.81. The van der Waals surface area contributed by atoms with Gasteiger partial charge in [0.15, 0.2) is 5.82 Å². The second-order valence-corrected chi connectivity index (χ2v) is 2.17. The lowest BCUT2D eigenvalue weighted by molar-refractivity contribution is 0.257. The van der Waals surface area contributed by atoms with Crippen molar-refractivity contribution in [2.45, 2.75) is 6.92 Å². The molecule has 3 N–H and O–H groups in total. The van der Waals surface area contributed by atoms with Gasteiger partial charge in [0.25, 0.3) is 0 Å². The summed E-state index contributed by atoms with van der Waals surface area (Å²) in [6.45, 7) is 2.34. The van der Waals surface area contributed by atoms with E-state index in [1.54, 1.807) is 12.1 Å². The van der Waals surface area contributed by atoms with Gasteiger partial charge in [-0.25, -0.2) is 10.0 Å². The van der Waals surface area contributed by atoms with Crippen molar-refractivity contribution < 1.29 is 5.21 Å². The molecule has 0 atom stereocenters. The van der Waals surface area contributed by atoms with E-state index in [4.69, 9.17) is 10.9 Å². The number of rotatable bonds is 2. The number of aromatic nitrogens is 1. The quantitative estimate of drug-likeness (QED) is 0.619. The number of pyridine rings is 1. The molecule has 0 saturated heterocycles. The molecule has 0 radical (unpaired) electrons. The van der Waals surface area contributed by atoms with E-state index < -0.39 is 0 Å². The Morgan fingerprint density at radius 1 is 1.64 bits per heavy atom. The SMILES string of the molecule is CCN(O)c1ccc(N)cn1. The van der Waals surface area contributed by atoms with Crippen LogP contribution in [-0.2, 0) is 0 Å². The highest BCUT2D eigenvalue weighted by Gasteiger charge is 1.98. The summed E-state index contributed by atoms with van der Waals surface area (Å²) in [7, 11) is 0. The summed E-state index contributed by atoms with van der Waals surface area (Å²) in [5.74, 6) is 0.515. The third-order valence-corrected chi connectivity index (χ3v) is 1.33. The Bertz CT molecular complexity index is 222. The molecule has 0 aliphatic heterocycles. The molecule has 0 unspecified atom stereocenters. The molecule has 0 aromatic carbocycles. The first-order chi connectivity index (χ1) is 5.24. The maximum absolute atomic E-state index is 9.15. The minimum atomic E-state index is 0.511. The fourth-order valence-electron chi connectivity index (χ4n) is 0.712. The Morgan fingerprint density at radius 3 is 2.82 bits per heavy atom. The predicted octanol–water partition coefficient (Wildman–Crippen LogP) is 0.879. The lowest BCUT2D eigenvalue weighted by Gasteiger charge is -2.12. The molecule has 0 aliphatic carbocycles. The number of nitrogen functional groups attached to an aromatic ring is 1. The molecule has 4 heteroatoms. The average Bonchev–Trinajstić information content (AvgIpc) is 2.05. The van der Waals surface area contributed by atoms with Crippen LogP contribution in [0.2, 0.25) is 0 Å². The summed E-state index contributed by atoms with van der Waals surface area (Å²) in [4.78, 5) is 3.90. The molecular weight excluding hydrogens is 142 g/mol. The minimum absolute atomic E-state index is 0.511. The highest BCUT2D eigenvalue weighted by atomic mass is 16.5. The van der Waals surface area contributed by atoms with Crippen molar-refractivity contribution in [3.05, 3.63) is 18.3 Å². The normalized spacial score (nSPS) is 9.64. The Morgan fingerprint density at radius 2 is 2.36 bits per heavy atom. The van der Waals surface area contributed by atoms with Crippen molar-refractivity contribution in [1.82, 2.24) is 4.98 Å². The van der Waals surface area contributed by atoms with Gasteiger partial charge >= 0.3 is 0 Å². The topological polar surface area (TPSA) is 62.4 Å². The van der Waals surface area contributed by atoms with Crippen LogP contribution < -0.4 is 10.8 Å². The van der Waals surface area contributed by atoms with Crippen molar-refractivity contribution in [1.29, 1.82) is 0 Å². The summed E-state index contributed by atoms with van der Waals surface area (Å²) in [5, 5.41) is 10.2. The van der Waals surface area contributed by atoms with Crippen LogP contribution in [-0.4, -0.2) is 16.7 Å². The van der Waals surface area contributed by atoms with Gasteiger partial charge in [0.1, 0.15) is 0 Å². The van der Waals surface area contributed by atoms with Crippen molar-refractivity contribution in [3.63, 3.8) is 0 Å². The zero-order valence-corrected chi connectivity index (χ0v) is 6.36. The predicted molar refractivity (Wildman–Crippen MR) is 43.5 cm³/mol. The summed E-state index contributed by atoms with van der Waals surface area (Å²) in [6, 6.07) is 3.36. The first-order valence-electron chi connectivity index (χ1n) is 3.42. The van der Waals surface area contributed by atoms with E-state index in [9.17, 15) is 0 Å². The van der Waals surface area contributed by atoms with Crippen molar-refractivity contribution in [2.24, 2.45) is 0 Å². The van der Waals surface area contributed by atoms with Gasteiger partial charge in [-0.2, -0.15) is 0 Å². The van der Waals surface area contributed by atoms with Gasteiger partial charge in [-0.1, -0.05) is 0 Å². The first-order valence-corrected chi connectivity index (χ1v) is 3.42. The van der Waals surface area contributed by atoms with E-state index in [1.165, 1.54) is 6.20 Å². The Labute approximate surface area is 65.2 Å². The molecule has 0 fully saturated rings. The second-order valence-electron chi connectivity index (χ2n) is 2.17. The molecule has 0 bridgehead atoms. The standard InChI is InChI=1S/C7H11N3O/c1-2-10(11)7-4-3-6(8)5-9-7/h3-5,11H,2,8H2,1H3. The molecule has 0 spiro atoms. The monoisotopic (exact) mass is 153 g/mol. The van der Waals surface area contributed by atoms with Gasteiger partial charge in [0.05, 0.1) is 11.9 Å². The molecule has 1 rings (SSSR count). The molecule has 0 amide bonds. The smallest absolute Gasteiger partial charge is 0.152 e. The van der Waals surface area contributed by atoms with E-state index in [2.05, 4.69) is 4.98 Å². The third-order valence-electron chi connectivity index (χ3n) is 1.33. The van der Waals surface area contributed by atoms with E-state index in [-0.39, 0.29) is 0 Å². The number of nitrogens with two attached hydrogens (primary N) is 1. The second kappa shape index (κ2) is 3.21. The number of anilines is 2. The van der Waals surface area contributed by atoms with Gasteiger partial charge in [-0.05, 0) is 19.1 Å². The maximum atomic E-state index is 9.15. The number of nitrogens with zero attached hydrogens (tertiary/aromatic N) is 2. The molecule has 4 nitrogen and oxygen atoms in total. The maximum Gasteiger partial charge on any atom is 0.152 e. The van der Waals surface area contributed by atoms with E-state index in [0.717, 1.165) is 5.06 Å². The van der Waals surface area contributed by atoms with Crippen LogP contribution in [0.15, 0.2) is 18.3 Å². The van der Waals surface area contributed by atoms with Crippen molar-refractivity contribution in [3.8, 4) is 0 Å². The van der Waals surface area contributed by atoms with Crippen molar-refractivity contribution in [2.75, 3.05) is 17.3 Å². The highest BCUT2D eigenvalue weighted by Crippen LogP contribution is 2.08. The highest BCUT2D eigenvalue weighted by molar-refractivity contribution is 5.43. The summed E-state index contributed by atoms with van der Waals surface area (Å²) >= 11 is 0. The molecular formula is C7H11N3O. The fraction of sp³-hybridized carbons (Fsp3) is 0.286. The van der Waals surface area contributed by atoms with E-state index in [1.807, 2.05) is 6.92 Å². The zero-order chi connectivity index (χ0) is 8.27. The van der Waals surface area contributed by atoms with Crippen LogP contribution in [0, 0.1) is 0 Å². The lowest BCUT2D eigenvalue weighted by Crippen LogP contribution is -2.17. The molecule has 60 valence electrons. The zero-order valence-electron chi connectivity index (χ0n) is 6.36. The fourth-order valence-corrected chi connectivity index (χ4v) is 0.712. The van der Waals surface area contributed by atoms with Crippen LogP contribution in [0.4, 0.5) is 11.5 Å². The Kier molecular flexibility index (Phi) is 2.28. The molecule has 1 aromatic rings. The first kappa shape index (κ1) is 7.81. The number of hydrogen-bond acceptors (Lipinski definition) is 4. The third kappa shape index (κ3) is 1.81. The molecule has 1 aromatic heterocycles.